The Balaban J connectivity index is 1.52. The van der Waals surface area contributed by atoms with Crippen molar-refractivity contribution < 1.29 is 13.2 Å². The van der Waals surface area contributed by atoms with Crippen LogP contribution in [0.3, 0.4) is 0 Å². The van der Waals surface area contributed by atoms with Crippen LogP contribution in [0.15, 0.2) is 23.4 Å². The van der Waals surface area contributed by atoms with E-state index in [0.29, 0.717) is 34.8 Å². The van der Waals surface area contributed by atoms with Crippen molar-refractivity contribution in [3.63, 3.8) is 0 Å². The van der Waals surface area contributed by atoms with Gasteiger partial charge in [0, 0.05) is 24.1 Å². The summed E-state index contributed by atoms with van der Waals surface area (Å²) in [5.41, 5.74) is 1.08. The van der Waals surface area contributed by atoms with Crippen molar-refractivity contribution in [2.75, 3.05) is 5.32 Å². The van der Waals surface area contributed by atoms with Gasteiger partial charge in [0.05, 0.1) is 6.20 Å². The number of nitrogens with two attached hydrogens (primary N) is 1. The Labute approximate surface area is 148 Å². The van der Waals surface area contributed by atoms with Crippen LogP contribution in [0.4, 0.5) is 11.6 Å². The average Bonchev–Trinajstić information content (AvgIpc) is 3.09. The lowest BCUT2D eigenvalue weighted by Gasteiger charge is -2.12. The summed E-state index contributed by atoms with van der Waals surface area (Å²) < 4.78 is 28.0. The van der Waals surface area contributed by atoms with Gasteiger partial charge in [-0.1, -0.05) is 11.6 Å². The minimum Gasteiger partial charge on any atom is -0.470 e. The molecule has 0 spiro atoms. The maximum absolute atomic E-state index is 11.3. The average molecular weight is 383 g/mol. The molecule has 0 saturated heterocycles. The van der Waals surface area contributed by atoms with Crippen molar-refractivity contribution in [2.45, 2.75) is 31.3 Å². The number of hydrogen-bond acceptors (Lipinski definition) is 7. The number of aromatic nitrogens is 4. The molecule has 3 heterocycles. The lowest BCUT2D eigenvalue weighted by Crippen LogP contribution is -2.16. The molecular formula is C14H15ClN6O3S. The zero-order valence-corrected chi connectivity index (χ0v) is 14.5. The highest BCUT2D eigenvalue weighted by Gasteiger charge is 2.29. The van der Waals surface area contributed by atoms with Crippen molar-refractivity contribution >= 4 is 33.3 Å². The van der Waals surface area contributed by atoms with E-state index in [9.17, 15) is 8.42 Å². The molecule has 2 aromatic heterocycles. The summed E-state index contributed by atoms with van der Waals surface area (Å²) in [6.07, 6.45) is 4.84. The number of anilines is 2. The van der Waals surface area contributed by atoms with E-state index >= 15 is 0 Å². The number of H-pyrrole nitrogens is 1. The number of nitrogens with one attached hydrogen (secondary N) is 2. The van der Waals surface area contributed by atoms with E-state index in [1.807, 2.05) is 6.07 Å². The quantitative estimate of drug-likeness (QED) is 0.719. The van der Waals surface area contributed by atoms with Gasteiger partial charge in [0.15, 0.2) is 23.6 Å². The van der Waals surface area contributed by atoms with Gasteiger partial charge >= 0.3 is 0 Å². The molecule has 0 amide bonds. The maximum atomic E-state index is 11.3. The van der Waals surface area contributed by atoms with E-state index in [1.165, 1.54) is 25.1 Å². The number of primary sulfonamides is 1. The zero-order valence-electron chi connectivity index (χ0n) is 12.9. The number of sulfonamides is 1. The second-order valence-corrected chi connectivity index (χ2v) is 7.84. The van der Waals surface area contributed by atoms with Gasteiger partial charge in [0.2, 0.25) is 5.09 Å². The molecule has 1 aliphatic carbocycles. The highest BCUT2D eigenvalue weighted by atomic mass is 35.5. The number of aromatic amines is 1. The fourth-order valence-electron chi connectivity index (χ4n) is 2.53. The van der Waals surface area contributed by atoms with Crippen LogP contribution < -0.4 is 10.5 Å². The molecule has 1 aliphatic heterocycles. The molecule has 132 valence electrons. The first-order valence-corrected chi connectivity index (χ1v) is 9.57. The molecule has 2 aliphatic rings. The van der Waals surface area contributed by atoms with Crippen LogP contribution in [0, 0.1) is 0 Å². The summed E-state index contributed by atoms with van der Waals surface area (Å²) in [5.74, 6) is 1.83. The van der Waals surface area contributed by atoms with Gasteiger partial charge in [0.25, 0.3) is 10.0 Å². The molecule has 1 saturated carbocycles. The highest BCUT2D eigenvalue weighted by molar-refractivity contribution is 7.92. The Morgan fingerprint density at radius 1 is 1.40 bits per heavy atom. The van der Waals surface area contributed by atoms with Crippen LogP contribution in [0.25, 0.3) is 0 Å². The predicted octanol–water partition coefficient (Wildman–Crippen LogP) is 2.07. The van der Waals surface area contributed by atoms with E-state index in [4.69, 9.17) is 21.5 Å². The molecule has 11 heteroatoms. The van der Waals surface area contributed by atoms with E-state index < -0.39 is 16.1 Å². The Bertz CT molecular complexity index is 953. The largest absolute Gasteiger partial charge is 0.470 e. The fourth-order valence-corrected chi connectivity index (χ4v) is 3.25. The molecule has 1 atom stereocenters. The van der Waals surface area contributed by atoms with Crippen LogP contribution in [0.2, 0.25) is 5.02 Å². The number of hydrogen-bond donors (Lipinski definition) is 3. The lowest BCUT2D eigenvalue weighted by molar-refractivity contribution is 0.153. The topological polar surface area (TPSA) is 136 Å². The molecular weight excluding hydrogens is 368 g/mol. The van der Waals surface area contributed by atoms with Crippen LogP contribution in [-0.4, -0.2) is 28.6 Å². The smallest absolute Gasteiger partial charge is 0.270 e. The normalized spacial score (nSPS) is 20.2. The SMILES string of the molecule is NS(=O)(=O)C1=CCC(c2ncc(Cl)c(Nc3cc(C4CC4)[nH]n3)n2)O1. The minimum atomic E-state index is -3.88. The molecule has 2 aromatic rings. The number of rotatable bonds is 5. The summed E-state index contributed by atoms with van der Waals surface area (Å²) in [7, 11) is -3.88. The Morgan fingerprint density at radius 3 is 2.88 bits per heavy atom. The molecule has 1 fully saturated rings. The summed E-state index contributed by atoms with van der Waals surface area (Å²) in [6, 6.07) is 1.92. The first kappa shape index (κ1) is 16.3. The fraction of sp³-hybridized carbons (Fsp3) is 0.357. The Hall–Kier alpha value is -2.17. The summed E-state index contributed by atoms with van der Waals surface area (Å²) in [4.78, 5) is 8.45. The third kappa shape index (κ3) is 3.46. The second kappa shape index (κ2) is 5.97. The molecule has 4 rings (SSSR count). The van der Waals surface area contributed by atoms with E-state index in [2.05, 4.69) is 25.5 Å². The Kier molecular flexibility index (Phi) is 3.89. The summed E-state index contributed by atoms with van der Waals surface area (Å²) >= 11 is 6.14. The molecule has 0 bridgehead atoms. The van der Waals surface area contributed by atoms with Crippen LogP contribution in [0.1, 0.15) is 42.8 Å². The first-order chi connectivity index (χ1) is 11.9. The third-order valence-electron chi connectivity index (χ3n) is 3.95. The van der Waals surface area contributed by atoms with Crippen molar-refractivity contribution in [1.29, 1.82) is 0 Å². The third-order valence-corrected chi connectivity index (χ3v) is 5.05. The Morgan fingerprint density at radius 2 is 2.20 bits per heavy atom. The lowest BCUT2D eigenvalue weighted by atomic mass is 10.2. The van der Waals surface area contributed by atoms with Gasteiger partial charge in [0.1, 0.15) is 5.02 Å². The maximum Gasteiger partial charge on any atom is 0.270 e. The summed E-state index contributed by atoms with van der Waals surface area (Å²) in [5, 5.41) is 15.3. The number of ether oxygens (including phenoxy) is 1. The van der Waals surface area contributed by atoms with Gasteiger partial charge in [-0.05, 0) is 18.9 Å². The van der Waals surface area contributed by atoms with Gasteiger partial charge in [-0.25, -0.2) is 23.5 Å². The predicted molar refractivity (Wildman–Crippen MR) is 90.5 cm³/mol. The van der Waals surface area contributed by atoms with Crippen LogP contribution >= 0.6 is 11.6 Å². The molecule has 9 nitrogen and oxygen atoms in total. The van der Waals surface area contributed by atoms with Crippen molar-refractivity contribution in [3.8, 4) is 0 Å². The van der Waals surface area contributed by atoms with E-state index in [-0.39, 0.29) is 5.09 Å². The van der Waals surface area contributed by atoms with Crippen molar-refractivity contribution in [3.05, 3.63) is 40.0 Å². The van der Waals surface area contributed by atoms with Gasteiger partial charge < -0.3 is 10.1 Å². The second-order valence-electron chi connectivity index (χ2n) is 5.94. The van der Waals surface area contributed by atoms with Crippen molar-refractivity contribution in [2.24, 2.45) is 5.14 Å². The number of halogens is 1. The van der Waals surface area contributed by atoms with Gasteiger partial charge in [-0.15, -0.1) is 0 Å². The van der Waals surface area contributed by atoms with E-state index in [1.54, 1.807) is 0 Å². The molecule has 1 unspecified atom stereocenters. The standard InChI is InChI=1S/C14H15ClN6O3S/c15-8-6-17-14(10-3-4-12(24-10)25(16,22)23)19-13(8)18-11-5-9(20-21-11)7-1-2-7/h4-7,10H,1-3H2,(H2,16,22,23)(H2,17,18,19,20,21). The summed E-state index contributed by atoms with van der Waals surface area (Å²) in [6.45, 7) is 0. The molecule has 4 N–H and O–H groups in total. The minimum absolute atomic E-state index is 0.271. The van der Waals surface area contributed by atoms with Gasteiger partial charge in [-0.3, -0.25) is 5.10 Å². The monoisotopic (exact) mass is 382 g/mol. The van der Waals surface area contributed by atoms with Crippen LogP contribution in [-0.2, 0) is 14.8 Å². The highest BCUT2D eigenvalue weighted by Crippen LogP contribution is 2.40. The van der Waals surface area contributed by atoms with Gasteiger partial charge in [-0.2, -0.15) is 5.10 Å². The van der Waals surface area contributed by atoms with E-state index in [0.717, 1.165) is 5.69 Å². The first-order valence-electron chi connectivity index (χ1n) is 7.64. The van der Waals surface area contributed by atoms with Crippen LogP contribution in [0.5, 0.6) is 0 Å². The number of nitrogens with zero attached hydrogens (tertiary/aromatic N) is 3. The van der Waals surface area contributed by atoms with Crippen molar-refractivity contribution in [1.82, 2.24) is 20.2 Å². The molecule has 0 aromatic carbocycles. The molecule has 0 radical (unpaired) electrons. The zero-order chi connectivity index (χ0) is 17.6. The molecule has 25 heavy (non-hydrogen) atoms.